The van der Waals surface area contributed by atoms with Gasteiger partial charge in [-0.15, -0.1) is 0 Å². The van der Waals surface area contributed by atoms with Crippen molar-refractivity contribution in [1.82, 2.24) is 0 Å². The van der Waals surface area contributed by atoms with E-state index < -0.39 is 0 Å². The highest BCUT2D eigenvalue weighted by atomic mass is 16.5. The van der Waals surface area contributed by atoms with E-state index in [0.29, 0.717) is 30.9 Å². The van der Waals surface area contributed by atoms with Crippen LogP contribution in [0.4, 0.5) is 5.69 Å². The predicted octanol–water partition coefficient (Wildman–Crippen LogP) is 4.84. The van der Waals surface area contributed by atoms with Gasteiger partial charge in [0.25, 0.3) is 0 Å². The van der Waals surface area contributed by atoms with Gasteiger partial charge in [0.05, 0.1) is 13.7 Å². The molecule has 0 aromatic heterocycles. The lowest BCUT2D eigenvalue weighted by Gasteiger charge is -2.10. The van der Waals surface area contributed by atoms with Crippen molar-refractivity contribution in [3.63, 3.8) is 0 Å². The standard InChI is InChI=1S/C21H27NO3/c1-3-4-8-17-12-14-18(15-13-17)22-21(23)11-7-16-25-20-10-6-5-9-19(20)24-2/h5-6,9-10,12-15H,3-4,7-8,11,16H2,1-2H3,(H,22,23). The first-order valence-electron chi connectivity index (χ1n) is 8.87. The summed E-state index contributed by atoms with van der Waals surface area (Å²) in [5, 5.41) is 2.93. The van der Waals surface area contributed by atoms with E-state index in [2.05, 4.69) is 24.4 Å². The van der Waals surface area contributed by atoms with Crippen molar-refractivity contribution in [2.75, 3.05) is 19.0 Å². The van der Waals surface area contributed by atoms with Gasteiger partial charge in [-0.3, -0.25) is 4.79 Å². The molecule has 0 spiro atoms. The van der Waals surface area contributed by atoms with Gasteiger partial charge in [-0.1, -0.05) is 37.6 Å². The molecule has 0 bridgehead atoms. The van der Waals surface area contributed by atoms with Gasteiger partial charge in [0.2, 0.25) is 5.91 Å². The molecule has 1 N–H and O–H groups in total. The van der Waals surface area contributed by atoms with E-state index in [1.165, 1.54) is 18.4 Å². The average Bonchev–Trinajstić information content (AvgIpc) is 2.65. The summed E-state index contributed by atoms with van der Waals surface area (Å²) in [4.78, 5) is 12.0. The summed E-state index contributed by atoms with van der Waals surface area (Å²) >= 11 is 0. The lowest BCUT2D eigenvalue weighted by Crippen LogP contribution is -2.12. The van der Waals surface area contributed by atoms with Gasteiger partial charge in [0.1, 0.15) is 0 Å². The van der Waals surface area contributed by atoms with Crippen LogP contribution in [-0.4, -0.2) is 19.6 Å². The van der Waals surface area contributed by atoms with E-state index in [9.17, 15) is 4.79 Å². The first-order chi connectivity index (χ1) is 12.2. The minimum Gasteiger partial charge on any atom is -0.493 e. The summed E-state index contributed by atoms with van der Waals surface area (Å²) in [5.41, 5.74) is 2.15. The quantitative estimate of drug-likeness (QED) is 0.629. The number of hydrogen-bond acceptors (Lipinski definition) is 3. The van der Waals surface area contributed by atoms with Crippen LogP contribution in [0.2, 0.25) is 0 Å². The molecule has 0 saturated carbocycles. The first-order valence-corrected chi connectivity index (χ1v) is 8.87. The second kappa shape index (κ2) is 10.4. The van der Waals surface area contributed by atoms with Gasteiger partial charge in [-0.2, -0.15) is 0 Å². The number of aryl methyl sites for hydroxylation is 1. The normalized spacial score (nSPS) is 10.3. The molecule has 0 aliphatic carbocycles. The number of hydrogen-bond donors (Lipinski definition) is 1. The van der Waals surface area contributed by atoms with Crippen LogP contribution in [0.3, 0.4) is 0 Å². The minimum atomic E-state index is 0.00457. The van der Waals surface area contributed by atoms with Crippen LogP contribution in [0.25, 0.3) is 0 Å². The van der Waals surface area contributed by atoms with Crippen molar-refractivity contribution in [2.45, 2.75) is 39.0 Å². The summed E-state index contributed by atoms with van der Waals surface area (Å²) in [6.45, 7) is 2.66. The molecule has 0 aliphatic rings. The van der Waals surface area contributed by atoms with Gasteiger partial charge >= 0.3 is 0 Å². The van der Waals surface area contributed by atoms with Crippen molar-refractivity contribution in [2.24, 2.45) is 0 Å². The summed E-state index contributed by atoms with van der Waals surface area (Å²) in [6, 6.07) is 15.6. The largest absolute Gasteiger partial charge is 0.493 e. The number of unbranched alkanes of at least 4 members (excludes halogenated alkanes) is 1. The van der Waals surface area contributed by atoms with Crippen LogP contribution in [0.5, 0.6) is 11.5 Å². The number of carbonyl (C=O) groups excluding carboxylic acids is 1. The highest BCUT2D eigenvalue weighted by molar-refractivity contribution is 5.90. The Morgan fingerprint density at radius 3 is 2.40 bits per heavy atom. The zero-order chi connectivity index (χ0) is 17.9. The Morgan fingerprint density at radius 1 is 1.00 bits per heavy atom. The molecular weight excluding hydrogens is 314 g/mol. The molecule has 0 radical (unpaired) electrons. The molecule has 2 aromatic carbocycles. The Hall–Kier alpha value is -2.49. The van der Waals surface area contributed by atoms with Crippen LogP contribution < -0.4 is 14.8 Å². The highest BCUT2D eigenvalue weighted by Gasteiger charge is 2.05. The van der Waals surface area contributed by atoms with Gasteiger partial charge in [-0.25, -0.2) is 0 Å². The number of carbonyl (C=O) groups is 1. The maximum absolute atomic E-state index is 12.0. The molecule has 0 aliphatic heterocycles. The topological polar surface area (TPSA) is 47.6 Å². The fourth-order valence-electron chi connectivity index (χ4n) is 2.51. The van der Waals surface area contributed by atoms with E-state index in [1.807, 2.05) is 36.4 Å². The first kappa shape index (κ1) is 18.8. The third kappa shape index (κ3) is 6.49. The van der Waals surface area contributed by atoms with E-state index in [1.54, 1.807) is 7.11 Å². The molecule has 0 heterocycles. The zero-order valence-electron chi connectivity index (χ0n) is 15.1. The van der Waals surface area contributed by atoms with Gasteiger partial charge < -0.3 is 14.8 Å². The van der Waals surface area contributed by atoms with E-state index in [4.69, 9.17) is 9.47 Å². The minimum absolute atomic E-state index is 0.00457. The average molecular weight is 341 g/mol. The van der Waals surface area contributed by atoms with Crippen LogP contribution in [0.1, 0.15) is 38.2 Å². The molecule has 134 valence electrons. The van der Waals surface area contributed by atoms with Gasteiger partial charge in [0.15, 0.2) is 11.5 Å². The predicted molar refractivity (Wildman–Crippen MR) is 101 cm³/mol. The number of ether oxygens (including phenoxy) is 2. The molecule has 1 amide bonds. The molecule has 0 unspecified atom stereocenters. The number of amides is 1. The summed E-state index contributed by atoms with van der Waals surface area (Å²) in [5.74, 6) is 1.41. The Balaban J connectivity index is 1.70. The van der Waals surface area contributed by atoms with Crippen LogP contribution >= 0.6 is 0 Å². The molecule has 0 atom stereocenters. The van der Waals surface area contributed by atoms with Crippen molar-refractivity contribution in [3.8, 4) is 11.5 Å². The number of rotatable bonds is 10. The lowest BCUT2D eigenvalue weighted by molar-refractivity contribution is -0.116. The van der Waals surface area contributed by atoms with Crippen LogP contribution in [0, 0.1) is 0 Å². The second-order valence-electron chi connectivity index (χ2n) is 5.95. The maximum atomic E-state index is 12.0. The molecule has 2 rings (SSSR count). The number of anilines is 1. The van der Waals surface area contributed by atoms with Crippen molar-refractivity contribution in [3.05, 3.63) is 54.1 Å². The Kier molecular flexibility index (Phi) is 7.83. The van der Waals surface area contributed by atoms with E-state index in [-0.39, 0.29) is 5.91 Å². The van der Waals surface area contributed by atoms with Gasteiger partial charge in [0, 0.05) is 12.1 Å². The van der Waals surface area contributed by atoms with Crippen molar-refractivity contribution >= 4 is 11.6 Å². The Morgan fingerprint density at radius 2 is 1.72 bits per heavy atom. The summed E-state index contributed by atoms with van der Waals surface area (Å²) < 4.78 is 10.9. The monoisotopic (exact) mass is 341 g/mol. The molecule has 4 heteroatoms. The number of methoxy groups -OCH3 is 1. The Labute approximate surface area is 150 Å². The SMILES string of the molecule is CCCCc1ccc(NC(=O)CCCOc2ccccc2OC)cc1. The maximum Gasteiger partial charge on any atom is 0.224 e. The molecule has 25 heavy (non-hydrogen) atoms. The third-order valence-electron chi connectivity index (χ3n) is 3.93. The molecule has 4 nitrogen and oxygen atoms in total. The smallest absolute Gasteiger partial charge is 0.224 e. The van der Waals surface area contributed by atoms with Crippen LogP contribution in [0.15, 0.2) is 48.5 Å². The van der Waals surface area contributed by atoms with Crippen molar-refractivity contribution < 1.29 is 14.3 Å². The molecule has 2 aromatic rings. The van der Waals surface area contributed by atoms with E-state index >= 15 is 0 Å². The highest BCUT2D eigenvalue weighted by Crippen LogP contribution is 2.25. The summed E-state index contributed by atoms with van der Waals surface area (Å²) in [6.07, 6.45) is 4.55. The second-order valence-corrected chi connectivity index (χ2v) is 5.95. The zero-order valence-corrected chi connectivity index (χ0v) is 15.1. The Bertz CT molecular complexity index is 652. The molecule has 0 fully saturated rings. The van der Waals surface area contributed by atoms with Gasteiger partial charge in [-0.05, 0) is 49.1 Å². The number of benzene rings is 2. The lowest BCUT2D eigenvalue weighted by atomic mass is 10.1. The third-order valence-corrected chi connectivity index (χ3v) is 3.93. The fraction of sp³-hybridized carbons (Fsp3) is 0.381. The number of nitrogens with one attached hydrogen (secondary N) is 1. The van der Waals surface area contributed by atoms with E-state index in [0.717, 1.165) is 12.1 Å². The van der Waals surface area contributed by atoms with Crippen molar-refractivity contribution in [1.29, 1.82) is 0 Å². The number of para-hydroxylation sites is 2. The summed E-state index contributed by atoms with van der Waals surface area (Å²) in [7, 11) is 1.61. The molecular formula is C21H27NO3. The fourth-order valence-corrected chi connectivity index (χ4v) is 2.51. The molecule has 0 saturated heterocycles. The van der Waals surface area contributed by atoms with Crippen LogP contribution in [-0.2, 0) is 11.2 Å².